The van der Waals surface area contributed by atoms with Gasteiger partial charge in [-0.3, -0.25) is 4.79 Å². The zero-order chi connectivity index (χ0) is 13.1. The molecular weight excluding hydrogens is 238 g/mol. The van der Waals surface area contributed by atoms with Crippen LogP contribution < -0.4 is 5.32 Å². The smallest absolute Gasteiger partial charge is 0.220 e. The maximum Gasteiger partial charge on any atom is 0.220 e. The monoisotopic (exact) mass is 257 g/mol. The Morgan fingerprint density at radius 3 is 3.05 bits per heavy atom. The Morgan fingerprint density at radius 2 is 2.21 bits per heavy atom. The van der Waals surface area contributed by atoms with Crippen molar-refractivity contribution in [2.75, 3.05) is 0 Å². The number of carbonyl (C=O) groups excluding carboxylic acids is 1. The topological polar surface area (TPSA) is 46.4 Å². The Bertz CT molecular complexity index is 570. The van der Waals surface area contributed by atoms with Gasteiger partial charge in [0.15, 0.2) is 0 Å². The van der Waals surface area contributed by atoms with E-state index in [0.29, 0.717) is 18.9 Å². The predicted molar refractivity (Wildman–Crippen MR) is 73.6 cm³/mol. The first kappa shape index (κ1) is 12.2. The van der Waals surface area contributed by atoms with E-state index in [4.69, 9.17) is 0 Å². The standard InChI is InChI=1S/C15H19N3O/c19-15(9-12-5-1-2-6-12)16-10-13-11-17-18-8-4-3-7-14(13)18/h3-4,7-8,11-12H,1-2,5-6,9-10H2,(H,16,19). The van der Waals surface area contributed by atoms with Crippen molar-refractivity contribution in [3.8, 4) is 0 Å². The minimum Gasteiger partial charge on any atom is -0.352 e. The van der Waals surface area contributed by atoms with E-state index in [0.717, 1.165) is 11.1 Å². The minimum absolute atomic E-state index is 0.169. The highest BCUT2D eigenvalue weighted by Gasteiger charge is 2.18. The molecule has 0 radical (unpaired) electrons. The quantitative estimate of drug-likeness (QED) is 0.915. The lowest BCUT2D eigenvalue weighted by Gasteiger charge is -2.09. The van der Waals surface area contributed by atoms with Gasteiger partial charge in [0.25, 0.3) is 0 Å². The van der Waals surface area contributed by atoms with E-state index in [1.54, 1.807) is 0 Å². The van der Waals surface area contributed by atoms with Crippen LogP contribution in [0.2, 0.25) is 0 Å². The normalized spacial score (nSPS) is 16.0. The second-order valence-corrected chi connectivity index (χ2v) is 5.33. The lowest BCUT2D eigenvalue weighted by molar-refractivity contribution is -0.122. The lowest BCUT2D eigenvalue weighted by Crippen LogP contribution is -2.24. The number of aromatic nitrogens is 2. The van der Waals surface area contributed by atoms with E-state index in [9.17, 15) is 4.79 Å². The van der Waals surface area contributed by atoms with Crippen molar-refractivity contribution in [1.29, 1.82) is 0 Å². The van der Waals surface area contributed by atoms with E-state index in [1.807, 2.05) is 35.1 Å². The first-order valence-corrected chi connectivity index (χ1v) is 7.01. The third kappa shape index (κ3) is 2.78. The van der Waals surface area contributed by atoms with Gasteiger partial charge >= 0.3 is 0 Å². The van der Waals surface area contributed by atoms with Gasteiger partial charge in [-0.15, -0.1) is 0 Å². The third-order valence-corrected chi connectivity index (χ3v) is 3.93. The largest absolute Gasteiger partial charge is 0.352 e. The molecule has 0 aliphatic heterocycles. The van der Waals surface area contributed by atoms with Crippen LogP contribution in [0.1, 0.15) is 37.7 Å². The van der Waals surface area contributed by atoms with Crippen LogP contribution in [-0.4, -0.2) is 15.5 Å². The highest BCUT2D eigenvalue weighted by molar-refractivity contribution is 5.76. The van der Waals surface area contributed by atoms with Crippen LogP contribution in [0.3, 0.4) is 0 Å². The molecule has 4 nitrogen and oxygen atoms in total. The molecular formula is C15H19N3O. The number of hydrogen-bond donors (Lipinski definition) is 1. The van der Waals surface area contributed by atoms with Gasteiger partial charge in [0, 0.05) is 24.7 Å². The Labute approximate surface area is 112 Å². The predicted octanol–water partition coefficient (Wildman–Crippen LogP) is 2.53. The lowest BCUT2D eigenvalue weighted by atomic mass is 10.0. The van der Waals surface area contributed by atoms with Gasteiger partial charge < -0.3 is 5.32 Å². The van der Waals surface area contributed by atoms with Crippen molar-refractivity contribution < 1.29 is 4.79 Å². The molecule has 1 amide bonds. The van der Waals surface area contributed by atoms with Crippen LogP contribution in [0.5, 0.6) is 0 Å². The molecule has 100 valence electrons. The molecule has 3 rings (SSSR count). The van der Waals surface area contributed by atoms with Gasteiger partial charge in [-0.05, 0) is 30.9 Å². The van der Waals surface area contributed by atoms with E-state index >= 15 is 0 Å². The number of carbonyl (C=O) groups is 1. The summed E-state index contributed by atoms with van der Waals surface area (Å²) in [7, 11) is 0. The van der Waals surface area contributed by atoms with Crippen molar-refractivity contribution in [1.82, 2.24) is 14.9 Å². The van der Waals surface area contributed by atoms with Crippen LogP contribution >= 0.6 is 0 Å². The Kier molecular flexibility index (Phi) is 3.49. The van der Waals surface area contributed by atoms with Gasteiger partial charge in [-0.25, -0.2) is 4.52 Å². The summed E-state index contributed by atoms with van der Waals surface area (Å²) in [6.07, 6.45) is 9.41. The molecule has 1 aliphatic rings. The fourth-order valence-corrected chi connectivity index (χ4v) is 2.87. The third-order valence-electron chi connectivity index (χ3n) is 3.93. The van der Waals surface area contributed by atoms with Crippen molar-refractivity contribution in [3.63, 3.8) is 0 Å². The van der Waals surface area contributed by atoms with Crippen LogP contribution in [0, 0.1) is 5.92 Å². The first-order chi connectivity index (χ1) is 9.33. The molecule has 0 spiro atoms. The first-order valence-electron chi connectivity index (χ1n) is 7.01. The molecule has 2 heterocycles. The summed E-state index contributed by atoms with van der Waals surface area (Å²) in [4.78, 5) is 11.9. The average Bonchev–Trinajstić information content (AvgIpc) is 3.05. The SMILES string of the molecule is O=C(CC1CCCC1)NCc1cnn2ccccc12. The maximum absolute atomic E-state index is 11.9. The Balaban J connectivity index is 1.58. The zero-order valence-electron chi connectivity index (χ0n) is 11.0. The average molecular weight is 257 g/mol. The molecule has 1 saturated carbocycles. The number of amides is 1. The van der Waals surface area contributed by atoms with Crippen molar-refractivity contribution in [2.24, 2.45) is 5.92 Å². The number of rotatable bonds is 4. The molecule has 2 aromatic rings. The fourth-order valence-electron chi connectivity index (χ4n) is 2.87. The molecule has 0 saturated heterocycles. The summed E-state index contributed by atoms with van der Waals surface area (Å²) in [5, 5.41) is 7.28. The van der Waals surface area contributed by atoms with Crippen LogP contribution in [0.15, 0.2) is 30.6 Å². The van der Waals surface area contributed by atoms with Crippen LogP contribution in [0.25, 0.3) is 5.52 Å². The summed E-state index contributed by atoms with van der Waals surface area (Å²) < 4.78 is 1.83. The molecule has 0 aromatic carbocycles. The molecule has 1 fully saturated rings. The van der Waals surface area contributed by atoms with Gasteiger partial charge in [-0.2, -0.15) is 5.10 Å². The summed E-state index contributed by atoms with van der Waals surface area (Å²) in [6, 6.07) is 5.95. The van der Waals surface area contributed by atoms with Gasteiger partial charge in [0.1, 0.15) is 0 Å². The Hall–Kier alpha value is -1.84. The number of nitrogens with zero attached hydrogens (tertiary/aromatic N) is 2. The molecule has 19 heavy (non-hydrogen) atoms. The number of pyridine rings is 1. The summed E-state index contributed by atoms with van der Waals surface area (Å²) in [5.74, 6) is 0.770. The molecule has 2 aromatic heterocycles. The van der Waals surface area contributed by atoms with Crippen LogP contribution in [-0.2, 0) is 11.3 Å². The summed E-state index contributed by atoms with van der Waals surface area (Å²) in [6.45, 7) is 0.569. The molecule has 4 heteroatoms. The molecule has 0 unspecified atom stereocenters. The van der Waals surface area contributed by atoms with Crippen molar-refractivity contribution in [2.45, 2.75) is 38.6 Å². The second-order valence-electron chi connectivity index (χ2n) is 5.33. The van der Waals surface area contributed by atoms with E-state index in [2.05, 4.69) is 10.4 Å². The van der Waals surface area contributed by atoms with E-state index in [-0.39, 0.29) is 5.91 Å². The van der Waals surface area contributed by atoms with Gasteiger partial charge in [0.05, 0.1) is 11.7 Å². The summed E-state index contributed by atoms with van der Waals surface area (Å²) >= 11 is 0. The van der Waals surface area contributed by atoms with Crippen LogP contribution in [0.4, 0.5) is 0 Å². The second kappa shape index (κ2) is 5.43. The van der Waals surface area contributed by atoms with Gasteiger partial charge in [-0.1, -0.05) is 18.9 Å². The number of nitrogens with one attached hydrogen (secondary N) is 1. The molecule has 0 bridgehead atoms. The number of fused-ring (bicyclic) bond motifs is 1. The highest BCUT2D eigenvalue weighted by atomic mass is 16.1. The van der Waals surface area contributed by atoms with Gasteiger partial charge in [0.2, 0.25) is 5.91 Å². The van der Waals surface area contributed by atoms with E-state index in [1.165, 1.54) is 25.7 Å². The number of hydrogen-bond acceptors (Lipinski definition) is 2. The molecule has 0 atom stereocenters. The Morgan fingerprint density at radius 1 is 1.37 bits per heavy atom. The summed E-state index contributed by atoms with van der Waals surface area (Å²) in [5.41, 5.74) is 2.13. The zero-order valence-corrected chi connectivity index (χ0v) is 11.0. The highest BCUT2D eigenvalue weighted by Crippen LogP contribution is 2.27. The maximum atomic E-state index is 11.9. The molecule has 1 aliphatic carbocycles. The minimum atomic E-state index is 0.169. The van der Waals surface area contributed by atoms with Crippen molar-refractivity contribution in [3.05, 3.63) is 36.2 Å². The molecule has 1 N–H and O–H groups in total. The van der Waals surface area contributed by atoms with Crippen molar-refractivity contribution >= 4 is 11.4 Å². The fraction of sp³-hybridized carbons (Fsp3) is 0.467. The van der Waals surface area contributed by atoms with E-state index < -0.39 is 0 Å².